The van der Waals surface area contributed by atoms with Crippen molar-refractivity contribution in [3.05, 3.63) is 65.7 Å². The largest absolute Gasteiger partial charge is 0.355 e. The Morgan fingerprint density at radius 3 is 2.25 bits per heavy atom. The third-order valence-corrected chi connectivity index (χ3v) is 8.01. The van der Waals surface area contributed by atoms with Crippen LogP contribution in [0.25, 0.3) is 0 Å². The Hall–Kier alpha value is -2.71. The quantitative estimate of drug-likeness (QED) is 0.714. The molecule has 0 saturated carbocycles. The van der Waals surface area contributed by atoms with Crippen molar-refractivity contribution in [2.24, 2.45) is 10.3 Å². The average Bonchev–Trinajstić information content (AvgIpc) is 3.11. The number of carbonyl (C=O) groups excluding carboxylic acids is 1. The highest BCUT2D eigenvalue weighted by Crippen LogP contribution is 2.30. The molecule has 2 fully saturated rings. The molecule has 3 aliphatic heterocycles. The van der Waals surface area contributed by atoms with E-state index in [0.29, 0.717) is 24.5 Å². The van der Waals surface area contributed by atoms with Gasteiger partial charge in [0.1, 0.15) is 4.90 Å². The third-order valence-electron chi connectivity index (χ3n) is 6.69. The molecule has 0 aromatic heterocycles. The Bertz CT molecular complexity index is 1120. The molecule has 0 unspecified atom stereocenters. The molecule has 3 aliphatic rings. The van der Waals surface area contributed by atoms with Gasteiger partial charge in [-0.25, -0.2) is 0 Å². The van der Waals surface area contributed by atoms with Gasteiger partial charge < -0.3 is 9.80 Å². The molecule has 168 valence electrons. The summed E-state index contributed by atoms with van der Waals surface area (Å²) in [6.07, 6.45) is 1.45. The summed E-state index contributed by atoms with van der Waals surface area (Å²) in [5.41, 5.74) is 1.98. The second kappa shape index (κ2) is 8.67. The van der Waals surface area contributed by atoms with Gasteiger partial charge in [-0.1, -0.05) is 42.5 Å². The minimum absolute atomic E-state index is 0.000720. The van der Waals surface area contributed by atoms with Crippen LogP contribution in [-0.4, -0.2) is 74.1 Å². The van der Waals surface area contributed by atoms with Crippen LogP contribution in [0.5, 0.6) is 0 Å². The molecule has 2 aromatic carbocycles. The summed E-state index contributed by atoms with van der Waals surface area (Å²) in [6, 6.07) is 17.4. The fraction of sp³-hybridized carbons (Fsp3) is 0.417. The number of piperidine rings is 1. The fourth-order valence-corrected chi connectivity index (χ4v) is 6.11. The minimum atomic E-state index is -3.61. The van der Waals surface area contributed by atoms with Crippen LogP contribution in [0, 0.1) is 5.92 Å². The van der Waals surface area contributed by atoms with E-state index in [-0.39, 0.29) is 16.7 Å². The van der Waals surface area contributed by atoms with Crippen LogP contribution in [0.3, 0.4) is 0 Å². The van der Waals surface area contributed by atoms with Crippen LogP contribution in [-0.2, 0) is 21.4 Å². The number of amides is 1. The Kier molecular flexibility index (Phi) is 5.73. The molecule has 2 saturated heterocycles. The standard InChI is InChI=1S/C24H28N4O3S/c29-24(28-16-14-26(15-17-28)18-19-6-2-1-3-7-19)20-10-12-27(13-11-20)23-21-8-4-5-9-22(21)32(30,31)25-23/h1-9,20H,10-18H2. The van der Waals surface area contributed by atoms with Crippen LogP contribution in [0.15, 0.2) is 63.9 Å². The van der Waals surface area contributed by atoms with Crippen LogP contribution >= 0.6 is 0 Å². The molecule has 0 atom stereocenters. The topological polar surface area (TPSA) is 73.3 Å². The van der Waals surface area contributed by atoms with Crippen molar-refractivity contribution in [1.29, 1.82) is 0 Å². The van der Waals surface area contributed by atoms with Gasteiger partial charge in [0.25, 0.3) is 10.0 Å². The SMILES string of the molecule is O=C(C1CCN(C2=NS(=O)(=O)c3ccccc32)CC1)N1CCN(Cc2ccccc2)CC1. The molecule has 0 bridgehead atoms. The third kappa shape index (κ3) is 4.17. The minimum Gasteiger partial charge on any atom is -0.355 e. The molecule has 0 N–H and O–H groups in total. The first-order chi connectivity index (χ1) is 15.5. The van der Waals surface area contributed by atoms with Gasteiger partial charge >= 0.3 is 0 Å². The van der Waals surface area contributed by atoms with E-state index >= 15 is 0 Å². The van der Waals surface area contributed by atoms with Crippen molar-refractivity contribution in [3.63, 3.8) is 0 Å². The lowest BCUT2D eigenvalue weighted by Gasteiger charge is -2.39. The lowest BCUT2D eigenvalue weighted by atomic mass is 9.94. The number of likely N-dealkylation sites (tertiary alicyclic amines) is 1. The summed E-state index contributed by atoms with van der Waals surface area (Å²) in [4.78, 5) is 19.8. The van der Waals surface area contributed by atoms with Crippen molar-refractivity contribution in [1.82, 2.24) is 14.7 Å². The molecule has 5 rings (SSSR count). The zero-order valence-electron chi connectivity index (χ0n) is 18.1. The molecular formula is C24H28N4O3S. The molecule has 32 heavy (non-hydrogen) atoms. The molecule has 2 aromatic rings. The van der Waals surface area contributed by atoms with Crippen LogP contribution in [0.4, 0.5) is 0 Å². The molecule has 3 heterocycles. The molecule has 0 radical (unpaired) electrons. The van der Waals surface area contributed by atoms with Gasteiger partial charge in [-0.15, -0.1) is 4.40 Å². The van der Waals surface area contributed by atoms with Crippen molar-refractivity contribution in [3.8, 4) is 0 Å². The van der Waals surface area contributed by atoms with Crippen molar-refractivity contribution in [2.45, 2.75) is 24.3 Å². The smallest absolute Gasteiger partial charge is 0.285 e. The van der Waals surface area contributed by atoms with E-state index in [0.717, 1.165) is 45.6 Å². The molecule has 8 heteroatoms. The monoisotopic (exact) mass is 452 g/mol. The normalized spacial score (nSPS) is 21.3. The van der Waals surface area contributed by atoms with Gasteiger partial charge in [0.2, 0.25) is 5.91 Å². The molecular weight excluding hydrogens is 424 g/mol. The van der Waals surface area contributed by atoms with E-state index < -0.39 is 10.0 Å². The number of amidine groups is 1. The lowest BCUT2D eigenvalue weighted by molar-refractivity contribution is -0.138. The Balaban J connectivity index is 1.15. The van der Waals surface area contributed by atoms with Crippen molar-refractivity contribution >= 4 is 21.8 Å². The van der Waals surface area contributed by atoms with E-state index in [1.807, 2.05) is 28.0 Å². The van der Waals surface area contributed by atoms with Gasteiger partial charge in [0.05, 0.1) is 0 Å². The van der Waals surface area contributed by atoms with E-state index in [4.69, 9.17) is 0 Å². The Labute approximate surface area is 189 Å². The Morgan fingerprint density at radius 2 is 1.53 bits per heavy atom. The first-order valence-corrected chi connectivity index (χ1v) is 12.7. The number of nitrogens with zero attached hydrogens (tertiary/aromatic N) is 4. The highest BCUT2D eigenvalue weighted by molar-refractivity contribution is 7.90. The first kappa shape index (κ1) is 21.2. The highest BCUT2D eigenvalue weighted by Gasteiger charge is 2.35. The predicted molar refractivity (Wildman–Crippen MR) is 123 cm³/mol. The van der Waals surface area contributed by atoms with Crippen LogP contribution in [0.1, 0.15) is 24.0 Å². The first-order valence-electron chi connectivity index (χ1n) is 11.3. The maximum Gasteiger partial charge on any atom is 0.285 e. The van der Waals surface area contributed by atoms with E-state index in [9.17, 15) is 13.2 Å². The van der Waals surface area contributed by atoms with E-state index in [1.54, 1.807) is 12.1 Å². The summed E-state index contributed by atoms with van der Waals surface area (Å²) < 4.78 is 28.7. The second-order valence-corrected chi connectivity index (χ2v) is 10.3. The number of piperazine rings is 1. The summed E-state index contributed by atoms with van der Waals surface area (Å²) in [6.45, 7) is 5.54. The van der Waals surface area contributed by atoms with Gasteiger partial charge in [-0.3, -0.25) is 9.69 Å². The van der Waals surface area contributed by atoms with Crippen LogP contribution < -0.4 is 0 Å². The number of rotatable bonds is 3. The van der Waals surface area contributed by atoms with Gasteiger partial charge in [0, 0.05) is 57.3 Å². The van der Waals surface area contributed by atoms with Gasteiger partial charge in [0.15, 0.2) is 5.84 Å². The Morgan fingerprint density at radius 1 is 0.875 bits per heavy atom. The summed E-state index contributed by atoms with van der Waals surface area (Å²) in [5.74, 6) is 0.771. The van der Waals surface area contributed by atoms with Crippen molar-refractivity contribution < 1.29 is 13.2 Å². The number of hydrogen-bond acceptors (Lipinski definition) is 5. The van der Waals surface area contributed by atoms with Crippen molar-refractivity contribution in [2.75, 3.05) is 39.3 Å². The van der Waals surface area contributed by atoms with E-state index in [2.05, 4.69) is 33.6 Å². The number of benzene rings is 2. The summed E-state index contributed by atoms with van der Waals surface area (Å²) in [5, 5.41) is 0. The number of sulfonamides is 1. The van der Waals surface area contributed by atoms with E-state index in [1.165, 1.54) is 5.56 Å². The van der Waals surface area contributed by atoms with Gasteiger partial charge in [-0.05, 0) is 30.5 Å². The summed E-state index contributed by atoms with van der Waals surface area (Å²) >= 11 is 0. The number of hydrogen-bond donors (Lipinski definition) is 0. The van der Waals surface area contributed by atoms with Crippen LogP contribution in [0.2, 0.25) is 0 Å². The lowest BCUT2D eigenvalue weighted by Crippen LogP contribution is -2.51. The highest BCUT2D eigenvalue weighted by atomic mass is 32.2. The molecule has 7 nitrogen and oxygen atoms in total. The second-order valence-electron chi connectivity index (χ2n) is 8.73. The zero-order valence-corrected chi connectivity index (χ0v) is 18.9. The molecule has 0 aliphatic carbocycles. The summed E-state index contributed by atoms with van der Waals surface area (Å²) in [7, 11) is -3.61. The fourth-order valence-electron chi connectivity index (χ4n) is 4.88. The molecule has 0 spiro atoms. The number of fused-ring (bicyclic) bond motifs is 1. The molecule has 1 amide bonds. The zero-order chi connectivity index (χ0) is 22.1. The maximum atomic E-state index is 13.1. The maximum absolute atomic E-state index is 13.1. The van der Waals surface area contributed by atoms with Gasteiger partial charge in [-0.2, -0.15) is 8.42 Å². The predicted octanol–water partition coefficient (Wildman–Crippen LogP) is 2.19. The number of carbonyl (C=O) groups is 1. The average molecular weight is 453 g/mol.